The molecule has 0 rings (SSSR count). The van der Waals surface area contributed by atoms with E-state index in [1.165, 1.54) is 0 Å². The van der Waals surface area contributed by atoms with E-state index in [0.29, 0.717) is 19.1 Å². The van der Waals surface area contributed by atoms with Crippen molar-refractivity contribution in [3.8, 4) is 0 Å². The molecule has 2 N–H and O–H groups in total. The van der Waals surface area contributed by atoms with Gasteiger partial charge in [0.25, 0.3) is 0 Å². The molecular formula is C15H32N2O3. The molecule has 2 atom stereocenters. The molecule has 5 nitrogen and oxygen atoms in total. The molecule has 0 aliphatic carbocycles. The predicted molar refractivity (Wildman–Crippen MR) is 82.1 cm³/mol. The van der Waals surface area contributed by atoms with E-state index in [4.69, 9.17) is 4.74 Å². The third-order valence-corrected chi connectivity index (χ3v) is 3.78. The van der Waals surface area contributed by atoms with Crippen molar-refractivity contribution in [2.75, 3.05) is 26.8 Å². The third-order valence-electron chi connectivity index (χ3n) is 3.78. The van der Waals surface area contributed by atoms with Crippen LogP contribution in [0.5, 0.6) is 0 Å². The van der Waals surface area contributed by atoms with E-state index in [0.717, 1.165) is 19.5 Å². The zero-order chi connectivity index (χ0) is 15.8. The Morgan fingerprint density at radius 3 is 2.35 bits per heavy atom. The number of hydrogen-bond acceptors (Lipinski definition) is 4. The summed E-state index contributed by atoms with van der Waals surface area (Å²) in [5.41, 5.74) is -0.882. The number of carbonyl (C=O) groups is 1. The Hall–Kier alpha value is -0.650. The van der Waals surface area contributed by atoms with Crippen LogP contribution in [-0.4, -0.2) is 60.4 Å². The molecule has 0 saturated heterocycles. The first-order valence-electron chi connectivity index (χ1n) is 7.50. The summed E-state index contributed by atoms with van der Waals surface area (Å²) in [7, 11) is 1.69. The van der Waals surface area contributed by atoms with Gasteiger partial charge in [-0.15, -0.1) is 0 Å². The second-order valence-corrected chi connectivity index (χ2v) is 5.97. The first kappa shape index (κ1) is 19.4. The minimum absolute atomic E-state index is 0.145. The van der Waals surface area contributed by atoms with Gasteiger partial charge in [0.2, 0.25) is 0 Å². The molecule has 0 bridgehead atoms. The summed E-state index contributed by atoms with van der Waals surface area (Å²) in [6.45, 7) is 12.3. The summed E-state index contributed by atoms with van der Waals surface area (Å²) in [5, 5.41) is 12.6. The summed E-state index contributed by atoms with van der Waals surface area (Å²) in [6, 6.07) is 0.578. The standard InChI is InChI=1S/C15H32N2O3/c1-7-13(4)17(10-11-20-6)9-8-15(5,14(18)19)16-12(2)3/h12-13,16H,7-11H2,1-6H3,(H,18,19). The number of carboxylic acids is 1. The Morgan fingerprint density at radius 1 is 1.35 bits per heavy atom. The van der Waals surface area contributed by atoms with Gasteiger partial charge in [0.05, 0.1) is 6.61 Å². The first-order chi connectivity index (χ1) is 9.26. The van der Waals surface area contributed by atoms with Gasteiger partial charge in [-0.3, -0.25) is 15.0 Å². The molecular weight excluding hydrogens is 256 g/mol. The van der Waals surface area contributed by atoms with Crippen LogP contribution in [0.4, 0.5) is 0 Å². The second kappa shape index (κ2) is 9.32. The largest absolute Gasteiger partial charge is 0.480 e. The average molecular weight is 288 g/mol. The lowest BCUT2D eigenvalue weighted by molar-refractivity contribution is -0.145. The number of rotatable bonds is 11. The zero-order valence-electron chi connectivity index (χ0n) is 13.9. The van der Waals surface area contributed by atoms with Crippen LogP contribution in [0.3, 0.4) is 0 Å². The van der Waals surface area contributed by atoms with Gasteiger partial charge < -0.3 is 9.84 Å². The fourth-order valence-corrected chi connectivity index (χ4v) is 2.26. The van der Waals surface area contributed by atoms with Crippen molar-refractivity contribution >= 4 is 5.97 Å². The molecule has 120 valence electrons. The van der Waals surface area contributed by atoms with Crippen molar-refractivity contribution in [1.82, 2.24) is 10.2 Å². The molecule has 0 saturated carbocycles. The highest BCUT2D eigenvalue weighted by molar-refractivity contribution is 5.78. The fourth-order valence-electron chi connectivity index (χ4n) is 2.26. The molecule has 2 unspecified atom stereocenters. The Balaban J connectivity index is 4.65. The lowest BCUT2D eigenvalue weighted by atomic mass is 9.96. The molecule has 0 radical (unpaired) electrons. The molecule has 0 amide bonds. The van der Waals surface area contributed by atoms with E-state index in [1.54, 1.807) is 14.0 Å². The monoisotopic (exact) mass is 288 g/mol. The topological polar surface area (TPSA) is 61.8 Å². The summed E-state index contributed by atoms with van der Waals surface area (Å²) < 4.78 is 5.14. The molecule has 20 heavy (non-hydrogen) atoms. The van der Waals surface area contributed by atoms with Crippen LogP contribution >= 0.6 is 0 Å². The van der Waals surface area contributed by atoms with E-state index in [1.807, 2.05) is 13.8 Å². The zero-order valence-corrected chi connectivity index (χ0v) is 13.9. The van der Waals surface area contributed by atoms with Gasteiger partial charge in [0.1, 0.15) is 5.54 Å². The number of hydrogen-bond donors (Lipinski definition) is 2. The van der Waals surface area contributed by atoms with E-state index < -0.39 is 11.5 Å². The SMILES string of the molecule is CCC(C)N(CCOC)CCC(C)(NC(C)C)C(=O)O. The van der Waals surface area contributed by atoms with Crippen LogP contribution in [0, 0.1) is 0 Å². The lowest BCUT2D eigenvalue weighted by Crippen LogP contribution is -2.54. The molecule has 0 fully saturated rings. The van der Waals surface area contributed by atoms with Crippen molar-refractivity contribution in [3.63, 3.8) is 0 Å². The number of nitrogens with one attached hydrogen (secondary N) is 1. The molecule has 0 aliphatic heterocycles. The number of methoxy groups -OCH3 is 1. The van der Waals surface area contributed by atoms with Crippen molar-refractivity contribution < 1.29 is 14.6 Å². The molecule has 0 aromatic heterocycles. The smallest absolute Gasteiger partial charge is 0.323 e. The van der Waals surface area contributed by atoms with Crippen LogP contribution in [0.2, 0.25) is 0 Å². The highest BCUT2D eigenvalue weighted by Gasteiger charge is 2.33. The summed E-state index contributed by atoms with van der Waals surface area (Å²) in [6.07, 6.45) is 1.62. The maximum atomic E-state index is 11.5. The maximum Gasteiger partial charge on any atom is 0.323 e. The number of nitrogens with zero attached hydrogens (tertiary/aromatic N) is 1. The minimum atomic E-state index is -0.882. The molecule has 0 spiro atoms. The van der Waals surface area contributed by atoms with Crippen LogP contribution < -0.4 is 5.32 Å². The van der Waals surface area contributed by atoms with Crippen molar-refractivity contribution in [2.24, 2.45) is 0 Å². The van der Waals surface area contributed by atoms with Gasteiger partial charge >= 0.3 is 5.97 Å². The van der Waals surface area contributed by atoms with E-state index in [2.05, 4.69) is 24.1 Å². The average Bonchev–Trinajstić information content (AvgIpc) is 2.37. The lowest BCUT2D eigenvalue weighted by Gasteiger charge is -2.34. The first-order valence-corrected chi connectivity index (χ1v) is 7.50. The third kappa shape index (κ3) is 6.68. The fraction of sp³-hybridized carbons (Fsp3) is 0.933. The Labute approximate surface area is 123 Å². The number of carboxylic acid groups (broad SMARTS) is 1. The molecule has 0 aliphatic rings. The van der Waals surface area contributed by atoms with Gasteiger partial charge in [-0.25, -0.2) is 0 Å². The second-order valence-electron chi connectivity index (χ2n) is 5.97. The Kier molecular flexibility index (Phi) is 9.01. The van der Waals surface area contributed by atoms with Gasteiger partial charge in [-0.1, -0.05) is 6.92 Å². The van der Waals surface area contributed by atoms with Crippen LogP contribution in [0.1, 0.15) is 47.5 Å². The normalized spacial score (nSPS) is 16.4. The summed E-state index contributed by atoms with van der Waals surface area (Å²) >= 11 is 0. The Morgan fingerprint density at radius 2 is 1.95 bits per heavy atom. The predicted octanol–water partition coefficient (Wildman–Crippen LogP) is 1.96. The van der Waals surface area contributed by atoms with Crippen LogP contribution in [-0.2, 0) is 9.53 Å². The highest BCUT2D eigenvalue weighted by Crippen LogP contribution is 2.14. The van der Waals surface area contributed by atoms with Gasteiger partial charge in [0, 0.05) is 32.3 Å². The summed E-state index contributed by atoms with van der Waals surface area (Å²) in [4.78, 5) is 13.8. The number of ether oxygens (including phenoxy) is 1. The Bertz CT molecular complexity index is 284. The molecule has 5 heteroatoms. The van der Waals surface area contributed by atoms with E-state index in [-0.39, 0.29) is 6.04 Å². The molecule has 0 aromatic rings. The number of aliphatic carboxylic acids is 1. The quantitative estimate of drug-likeness (QED) is 0.608. The van der Waals surface area contributed by atoms with Gasteiger partial charge in [-0.2, -0.15) is 0 Å². The van der Waals surface area contributed by atoms with Crippen LogP contribution in [0.15, 0.2) is 0 Å². The highest BCUT2D eigenvalue weighted by atomic mass is 16.5. The minimum Gasteiger partial charge on any atom is -0.480 e. The van der Waals surface area contributed by atoms with Crippen molar-refractivity contribution in [1.29, 1.82) is 0 Å². The van der Waals surface area contributed by atoms with Gasteiger partial charge in [-0.05, 0) is 40.5 Å². The van der Waals surface area contributed by atoms with E-state index >= 15 is 0 Å². The van der Waals surface area contributed by atoms with E-state index in [9.17, 15) is 9.90 Å². The molecule has 0 heterocycles. The molecule has 0 aromatic carbocycles. The summed E-state index contributed by atoms with van der Waals surface area (Å²) in [5.74, 6) is -0.790. The van der Waals surface area contributed by atoms with Crippen molar-refractivity contribution in [3.05, 3.63) is 0 Å². The van der Waals surface area contributed by atoms with Gasteiger partial charge in [0.15, 0.2) is 0 Å². The maximum absolute atomic E-state index is 11.5. The van der Waals surface area contributed by atoms with Crippen LogP contribution in [0.25, 0.3) is 0 Å². The van der Waals surface area contributed by atoms with Crippen molar-refractivity contribution in [2.45, 2.75) is 65.1 Å².